The molecule has 0 spiro atoms. The van der Waals surface area contributed by atoms with Gasteiger partial charge >= 0.3 is 5.97 Å². The molecule has 3 aliphatic rings. The number of hydrogen-bond acceptors (Lipinski definition) is 3. The first-order valence-electron chi connectivity index (χ1n) is 6.93. The molecule has 1 saturated carbocycles. The molecule has 0 amide bonds. The number of carbonyl (C=O) groups is 2. The molecule has 0 aromatic rings. The molecule has 0 aromatic carbocycles. The van der Waals surface area contributed by atoms with E-state index in [1.165, 1.54) is 0 Å². The van der Waals surface area contributed by atoms with Gasteiger partial charge in [0.15, 0.2) is 5.78 Å². The van der Waals surface area contributed by atoms with Crippen LogP contribution in [0.3, 0.4) is 0 Å². The zero-order valence-electron chi connectivity index (χ0n) is 11.2. The third kappa shape index (κ3) is 1.49. The molecule has 0 N–H and O–H groups in total. The Morgan fingerprint density at radius 3 is 2.61 bits per heavy atom. The van der Waals surface area contributed by atoms with Crippen LogP contribution in [-0.4, -0.2) is 17.9 Å². The first-order chi connectivity index (χ1) is 8.50. The molecule has 2 aliphatic carbocycles. The van der Waals surface area contributed by atoms with Gasteiger partial charge in [0, 0.05) is 17.8 Å². The molecule has 1 saturated heterocycles. The van der Waals surface area contributed by atoms with Crippen molar-refractivity contribution < 1.29 is 14.3 Å². The Balaban J connectivity index is 2.00. The molecule has 1 heterocycles. The molecule has 2 fully saturated rings. The number of ketones is 1. The number of ether oxygens (including phenoxy) is 1. The number of rotatable bonds is 0. The summed E-state index contributed by atoms with van der Waals surface area (Å²) in [5.74, 6) is 1.01. The van der Waals surface area contributed by atoms with Gasteiger partial charge in [-0.25, -0.2) is 0 Å². The van der Waals surface area contributed by atoms with E-state index >= 15 is 0 Å². The van der Waals surface area contributed by atoms with E-state index in [9.17, 15) is 9.59 Å². The van der Waals surface area contributed by atoms with Crippen LogP contribution in [0.15, 0.2) is 11.6 Å². The van der Waals surface area contributed by atoms with E-state index in [2.05, 4.69) is 6.92 Å². The van der Waals surface area contributed by atoms with Gasteiger partial charge in [-0.15, -0.1) is 0 Å². The lowest BCUT2D eigenvalue weighted by molar-refractivity contribution is -0.146. The van der Waals surface area contributed by atoms with Crippen molar-refractivity contribution in [3.63, 3.8) is 0 Å². The van der Waals surface area contributed by atoms with Crippen LogP contribution < -0.4 is 0 Å². The Kier molecular flexibility index (Phi) is 2.61. The van der Waals surface area contributed by atoms with E-state index in [1.54, 1.807) is 6.08 Å². The van der Waals surface area contributed by atoms with Crippen molar-refractivity contribution >= 4 is 11.8 Å². The molecule has 3 nitrogen and oxygen atoms in total. The van der Waals surface area contributed by atoms with E-state index in [-0.39, 0.29) is 35.6 Å². The van der Waals surface area contributed by atoms with Crippen molar-refractivity contribution in [3.05, 3.63) is 11.6 Å². The monoisotopic (exact) mass is 248 g/mol. The third-order valence-electron chi connectivity index (χ3n) is 5.22. The SMILES string of the molecule is CC1=CC(=O)[C@@H]2[C@H]1[C@@H]1OC(=O)[C@H](C)[C@@H]1CC[C@H]2C. The highest BCUT2D eigenvalue weighted by Crippen LogP contribution is 2.49. The fourth-order valence-corrected chi connectivity index (χ4v) is 4.15. The van der Waals surface area contributed by atoms with E-state index in [0.29, 0.717) is 11.8 Å². The summed E-state index contributed by atoms with van der Waals surface area (Å²) in [6.45, 7) is 6.14. The van der Waals surface area contributed by atoms with Crippen LogP contribution in [-0.2, 0) is 14.3 Å². The summed E-state index contributed by atoms with van der Waals surface area (Å²) in [6, 6.07) is 0. The maximum Gasteiger partial charge on any atom is 0.309 e. The largest absolute Gasteiger partial charge is 0.461 e. The highest BCUT2D eigenvalue weighted by molar-refractivity contribution is 5.96. The van der Waals surface area contributed by atoms with Crippen LogP contribution >= 0.6 is 0 Å². The predicted molar refractivity (Wildman–Crippen MR) is 66.7 cm³/mol. The second-order valence-corrected chi connectivity index (χ2v) is 6.25. The number of hydrogen-bond donors (Lipinski definition) is 0. The molecule has 98 valence electrons. The lowest BCUT2D eigenvalue weighted by Gasteiger charge is -2.28. The third-order valence-corrected chi connectivity index (χ3v) is 5.22. The van der Waals surface area contributed by atoms with Crippen LogP contribution in [0.4, 0.5) is 0 Å². The van der Waals surface area contributed by atoms with Gasteiger partial charge in [0.05, 0.1) is 5.92 Å². The van der Waals surface area contributed by atoms with Gasteiger partial charge in [0.2, 0.25) is 0 Å². The Hall–Kier alpha value is -1.12. The average Bonchev–Trinajstić information content (AvgIpc) is 2.68. The quantitative estimate of drug-likeness (QED) is 0.618. The standard InChI is InChI=1S/C15H20O3/c1-7-4-5-10-9(3)15(17)18-14(10)13-8(2)6-11(16)12(7)13/h6-7,9-10,12-14H,4-5H2,1-3H3/t7-,9-,10+,12-,13+,14-/m1/s1. The summed E-state index contributed by atoms with van der Waals surface area (Å²) in [4.78, 5) is 23.9. The van der Waals surface area contributed by atoms with Gasteiger partial charge in [0.25, 0.3) is 0 Å². The van der Waals surface area contributed by atoms with Gasteiger partial charge in [0.1, 0.15) is 6.10 Å². The lowest BCUT2D eigenvalue weighted by Crippen LogP contribution is -2.33. The van der Waals surface area contributed by atoms with Gasteiger partial charge in [-0.3, -0.25) is 9.59 Å². The number of esters is 1. The Bertz CT molecular complexity index is 437. The van der Waals surface area contributed by atoms with Gasteiger partial charge in [-0.1, -0.05) is 19.4 Å². The molecule has 18 heavy (non-hydrogen) atoms. The van der Waals surface area contributed by atoms with E-state index < -0.39 is 0 Å². The highest BCUT2D eigenvalue weighted by Gasteiger charge is 2.53. The molecule has 0 aromatic heterocycles. The summed E-state index contributed by atoms with van der Waals surface area (Å²) in [5, 5.41) is 0. The first-order valence-corrected chi connectivity index (χ1v) is 6.93. The summed E-state index contributed by atoms with van der Waals surface area (Å²) >= 11 is 0. The first kappa shape index (κ1) is 11.9. The predicted octanol–water partition coefficient (Wildman–Crippen LogP) is 2.36. The van der Waals surface area contributed by atoms with Crippen LogP contribution in [0.25, 0.3) is 0 Å². The van der Waals surface area contributed by atoms with Crippen molar-refractivity contribution in [1.82, 2.24) is 0 Å². The van der Waals surface area contributed by atoms with Crippen molar-refractivity contribution in [1.29, 1.82) is 0 Å². The fraction of sp³-hybridized carbons (Fsp3) is 0.733. The van der Waals surface area contributed by atoms with Crippen LogP contribution in [0.2, 0.25) is 0 Å². The van der Waals surface area contributed by atoms with Gasteiger partial charge in [-0.05, 0) is 31.8 Å². The van der Waals surface area contributed by atoms with E-state index in [0.717, 1.165) is 18.4 Å². The molecule has 1 aliphatic heterocycles. The minimum Gasteiger partial charge on any atom is -0.461 e. The second-order valence-electron chi connectivity index (χ2n) is 6.25. The highest BCUT2D eigenvalue weighted by atomic mass is 16.6. The molecule has 3 heteroatoms. The Morgan fingerprint density at radius 2 is 1.89 bits per heavy atom. The summed E-state index contributed by atoms with van der Waals surface area (Å²) in [5.41, 5.74) is 1.11. The molecule has 6 atom stereocenters. The minimum absolute atomic E-state index is 0.00977. The van der Waals surface area contributed by atoms with Gasteiger partial charge in [-0.2, -0.15) is 0 Å². The molecular weight excluding hydrogens is 228 g/mol. The van der Waals surface area contributed by atoms with E-state index in [4.69, 9.17) is 4.74 Å². The molecule has 3 rings (SSSR count). The minimum atomic E-state index is -0.0783. The fourth-order valence-electron chi connectivity index (χ4n) is 4.15. The van der Waals surface area contributed by atoms with Crippen LogP contribution in [0.5, 0.6) is 0 Å². The maximum absolute atomic E-state index is 12.1. The second kappa shape index (κ2) is 3.94. The Morgan fingerprint density at radius 1 is 1.17 bits per heavy atom. The molecular formula is C15H20O3. The van der Waals surface area contributed by atoms with Crippen molar-refractivity contribution in [2.24, 2.45) is 29.6 Å². The van der Waals surface area contributed by atoms with Gasteiger partial charge < -0.3 is 4.74 Å². The molecule has 0 unspecified atom stereocenters. The smallest absolute Gasteiger partial charge is 0.309 e. The topological polar surface area (TPSA) is 43.4 Å². The number of carbonyl (C=O) groups excluding carboxylic acids is 2. The number of fused-ring (bicyclic) bond motifs is 3. The zero-order chi connectivity index (χ0) is 13.0. The molecule has 0 bridgehead atoms. The molecule has 0 radical (unpaired) electrons. The van der Waals surface area contributed by atoms with Crippen molar-refractivity contribution in [3.8, 4) is 0 Å². The summed E-state index contributed by atoms with van der Waals surface area (Å²) in [7, 11) is 0. The average molecular weight is 248 g/mol. The Labute approximate surface area is 108 Å². The van der Waals surface area contributed by atoms with Crippen molar-refractivity contribution in [2.75, 3.05) is 0 Å². The maximum atomic E-state index is 12.1. The number of allylic oxidation sites excluding steroid dienone is 1. The normalized spacial score (nSPS) is 47.2. The zero-order valence-corrected chi connectivity index (χ0v) is 11.2. The summed E-state index contributed by atoms with van der Waals surface area (Å²) < 4.78 is 5.61. The van der Waals surface area contributed by atoms with Crippen LogP contribution in [0.1, 0.15) is 33.6 Å². The van der Waals surface area contributed by atoms with Crippen LogP contribution in [0, 0.1) is 29.6 Å². The lowest BCUT2D eigenvalue weighted by atomic mass is 9.77. The summed E-state index contributed by atoms with van der Waals surface area (Å²) in [6.07, 6.45) is 3.73. The van der Waals surface area contributed by atoms with Crippen molar-refractivity contribution in [2.45, 2.75) is 39.7 Å². The van der Waals surface area contributed by atoms with E-state index in [1.807, 2.05) is 13.8 Å².